The molecular formula is C24H22N4O3S2. The molecule has 0 aliphatic rings. The van der Waals surface area contributed by atoms with Gasteiger partial charge in [0, 0.05) is 21.5 Å². The lowest BCUT2D eigenvalue weighted by Crippen LogP contribution is -2.15. The van der Waals surface area contributed by atoms with Crippen LogP contribution in [-0.4, -0.2) is 34.6 Å². The van der Waals surface area contributed by atoms with E-state index in [2.05, 4.69) is 27.5 Å². The maximum Gasteiger partial charge on any atom is 0.255 e. The highest BCUT2D eigenvalue weighted by atomic mass is 32.2. The highest BCUT2D eigenvalue weighted by molar-refractivity contribution is 8.00. The Morgan fingerprint density at radius 1 is 1.03 bits per heavy atom. The van der Waals surface area contributed by atoms with Gasteiger partial charge in [0.15, 0.2) is 0 Å². The fraction of sp³-hybridized carbons (Fsp3) is 0.167. The van der Waals surface area contributed by atoms with Gasteiger partial charge in [0.05, 0.1) is 18.6 Å². The average Bonchev–Trinajstić information content (AvgIpc) is 3.12. The maximum absolute atomic E-state index is 12.5. The van der Waals surface area contributed by atoms with Crippen LogP contribution in [0.15, 0.2) is 59.9 Å². The Morgan fingerprint density at radius 3 is 2.55 bits per heavy atom. The molecule has 0 spiro atoms. The first kappa shape index (κ1) is 22.8. The zero-order valence-corrected chi connectivity index (χ0v) is 20.0. The molecule has 0 saturated carbocycles. The molecule has 0 unspecified atom stereocenters. The molecule has 2 heterocycles. The number of nitrogens with one attached hydrogen (secondary N) is 2. The molecule has 2 amide bonds. The second kappa shape index (κ2) is 10.0. The first-order chi connectivity index (χ1) is 16.0. The third-order valence-electron chi connectivity index (χ3n) is 5.06. The van der Waals surface area contributed by atoms with Crippen LogP contribution in [0, 0.1) is 13.8 Å². The van der Waals surface area contributed by atoms with Crippen LogP contribution in [0.5, 0.6) is 5.75 Å². The van der Waals surface area contributed by atoms with Crippen LogP contribution in [0.25, 0.3) is 10.2 Å². The Morgan fingerprint density at radius 2 is 1.79 bits per heavy atom. The van der Waals surface area contributed by atoms with Crippen LogP contribution in [0.1, 0.15) is 20.8 Å². The molecular weight excluding hydrogens is 456 g/mol. The number of hydrogen-bond acceptors (Lipinski definition) is 7. The Hall–Kier alpha value is -3.43. The number of methoxy groups -OCH3 is 1. The minimum Gasteiger partial charge on any atom is -0.495 e. The number of benzene rings is 2. The van der Waals surface area contributed by atoms with E-state index < -0.39 is 0 Å². The van der Waals surface area contributed by atoms with E-state index in [-0.39, 0.29) is 17.6 Å². The molecule has 0 radical (unpaired) electrons. The Kier molecular flexibility index (Phi) is 6.90. The molecule has 2 N–H and O–H groups in total. The fourth-order valence-corrected chi connectivity index (χ4v) is 5.16. The van der Waals surface area contributed by atoms with Crippen LogP contribution in [0.2, 0.25) is 0 Å². The van der Waals surface area contributed by atoms with Crippen LogP contribution in [-0.2, 0) is 4.79 Å². The number of carbonyl (C=O) groups is 2. The minimum atomic E-state index is -0.262. The van der Waals surface area contributed by atoms with E-state index in [1.54, 1.807) is 54.8 Å². The van der Waals surface area contributed by atoms with Gasteiger partial charge in [0.25, 0.3) is 5.91 Å². The molecule has 4 aromatic rings. The molecule has 0 saturated heterocycles. The molecule has 7 nitrogen and oxygen atoms in total. The zero-order chi connectivity index (χ0) is 23.4. The summed E-state index contributed by atoms with van der Waals surface area (Å²) >= 11 is 3.02. The van der Waals surface area contributed by atoms with Gasteiger partial charge in [-0.3, -0.25) is 9.59 Å². The summed E-state index contributed by atoms with van der Waals surface area (Å²) in [6.45, 7) is 4.11. The highest BCUT2D eigenvalue weighted by Gasteiger charge is 2.14. The number of aromatic nitrogens is 2. The second-order valence-corrected chi connectivity index (χ2v) is 9.38. The number of thiophene rings is 1. The second-order valence-electron chi connectivity index (χ2n) is 7.21. The number of carbonyl (C=O) groups excluding carboxylic acids is 2. The summed E-state index contributed by atoms with van der Waals surface area (Å²) in [6.07, 6.45) is 1.53. The Balaban J connectivity index is 1.36. The van der Waals surface area contributed by atoms with E-state index in [0.717, 1.165) is 20.8 Å². The predicted molar refractivity (Wildman–Crippen MR) is 134 cm³/mol. The van der Waals surface area contributed by atoms with E-state index in [0.29, 0.717) is 22.7 Å². The average molecular weight is 479 g/mol. The molecule has 168 valence electrons. The monoisotopic (exact) mass is 478 g/mol. The van der Waals surface area contributed by atoms with Crippen molar-refractivity contribution in [3.05, 3.63) is 70.9 Å². The fourth-order valence-electron chi connectivity index (χ4n) is 3.24. The van der Waals surface area contributed by atoms with Crippen molar-refractivity contribution >= 4 is 56.5 Å². The number of para-hydroxylation sites is 2. The van der Waals surface area contributed by atoms with Crippen molar-refractivity contribution in [2.75, 3.05) is 23.5 Å². The van der Waals surface area contributed by atoms with Crippen LogP contribution >= 0.6 is 23.1 Å². The van der Waals surface area contributed by atoms with Gasteiger partial charge in [-0.1, -0.05) is 23.9 Å². The first-order valence-electron chi connectivity index (χ1n) is 10.1. The largest absolute Gasteiger partial charge is 0.495 e. The van der Waals surface area contributed by atoms with E-state index in [1.165, 1.54) is 23.0 Å². The molecule has 0 fully saturated rings. The predicted octanol–water partition coefficient (Wildman–Crippen LogP) is 5.30. The van der Waals surface area contributed by atoms with Gasteiger partial charge in [-0.2, -0.15) is 0 Å². The van der Waals surface area contributed by atoms with Crippen LogP contribution in [0.4, 0.5) is 11.4 Å². The molecule has 33 heavy (non-hydrogen) atoms. The number of rotatable bonds is 7. The SMILES string of the molecule is COc1ccccc1NC(=O)c1ccc(NC(=O)CSc2ncnc3sc(C)c(C)c23)cc1. The third kappa shape index (κ3) is 5.15. The highest BCUT2D eigenvalue weighted by Crippen LogP contribution is 2.34. The molecule has 9 heteroatoms. The third-order valence-corrected chi connectivity index (χ3v) is 7.16. The van der Waals surface area contributed by atoms with Crippen molar-refractivity contribution in [1.29, 1.82) is 0 Å². The summed E-state index contributed by atoms with van der Waals surface area (Å²) < 4.78 is 5.26. The number of aryl methyl sites for hydroxylation is 2. The normalized spacial score (nSPS) is 10.8. The number of hydrogen-bond donors (Lipinski definition) is 2. The Labute approximate surface area is 199 Å². The van der Waals surface area contributed by atoms with Gasteiger partial charge >= 0.3 is 0 Å². The summed E-state index contributed by atoms with van der Waals surface area (Å²) in [5, 5.41) is 7.52. The van der Waals surface area contributed by atoms with Crippen molar-refractivity contribution in [2.45, 2.75) is 18.9 Å². The molecule has 4 rings (SSSR count). The molecule has 2 aromatic heterocycles. The van der Waals surface area contributed by atoms with Crippen molar-refractivity contribution in [2.24, 2.45) is 0 Å². The van der Waals surface area contributed by atoms with Crippen molar-refractivity contribution in [1.82, 2.24) is 9.97 Å². The number of amides is 2. The van der Waals surface area contributed by atoms with Crippen molar-refractivity contribution < 1.29 is 14.3 Å². The smallest absolute Gasteiger partial charge is 0.255 e. The van der Waals surface area contributed by atoms with Gasteiger partial charge in [0.2, 0.25) is 5.91 Å². The van der Waals surface area contributed by atoms with E-state index in [4.69, 9.17) is 4.74 Å². The number of nitrogens with zero attached hydrogens (tertiary/aromatic N) is 2. The number of anilines is 2. The van der Waals surface area contributed by atoms with Gasteiger partial charge in [-0.05, 0) is 55.8 Å². The number of ether oxygens (including phenoxy) is 1. The lowest BCUT2D eigenvalue weighted by molar-refractivity contribution is -0.113. The van der Waals surface area contributed by atoms with E-state index in [9.17, 15) is 9.59 Å². The summed E-state index contributed by atoms with van der Waals surface area (Å²) in [6, 6.07) is 13.9. The van der Waals surface area contributed by atoms with Crippen LogP contribution in [0.3, 0.4) is 0 Å². The minimum absolute atomic E-state index is 0.150. The summed E-state index contributed by atoms with van der Waals surface area (Å²) in [7, 11) is 1.55. The number of thioether (sulfide) groups is 1. The number of fused-ring (bicyclic) bond motifs is 1. The first-order valence-corrected chi connectivity index (χ1v) is 11.9. The molecule has 0 aliphatic heterocycles. The summed E-state index contributed by atoms with van der Waals surface area (Å²) in [5.74, 6) is 0.391. The van der Waals surface area contributed by atoms with E-state index in [1.807, 2.05) is 19.1 Å². The van der Waals surface area contributed by atoms with Crippen molar-refractivity contribution in [3.63, 3.8) is 0 Å². The topological polar surface area (TPSA) is 93.2 Å². The Bertz CT molecular complexity index is 1320. The van der Waals surface area contributed by atoms with Gasteiger partial charge in [0.1, 0.15) is 21.9 Å². The molecule has 0 aliphatic carbocycles. The van der Waals surface area contributed by atoms with Crippen molar-refractivity contribution in [3.8, 4) is 5.75 Å². The van der Waals surface area contributed by atoms with E-state index >= 15 is 0 Å². The zero-order valence-electron chi connectivity index (χ0n) is 18.3. The lowest BCUT2D eigenvalue weighted by atomic mass is 10.2. The molecule has 0 atom stereocenters. The van der Waals surface area contributed by atoms with Crippen LogP contribution < -0.4 is 15.4 Å². The van der Waals surface area contributed by atoms with Gasteiger partial charge in [-0.25, -0.2) is 9.97 Å². The quantitative estimate of drug-likeness (QED) is 0.277. The summed E-state index contributed by atoms with van der Waals surface area (Å²) in [5.41, 5.74) is 2.83. The maximum atomic E-state index is 12.5. The standard InChI is InChI=1S/C24H22N4O3S2/c1-14-15(2)33-24-21(14)23(25-13-26-24)32-12-20(29)27-17-10-8-16(9-11-17)22(30)28-18-6-4-5-7-19(18)31-3/h4-11,13H,12H2,1-3H3,(H,27,29)(H,28,30). The van der Waals surface area contributed by atoms with Gasteiger partial charge < -0.3 is 15.4 Å². The summed E-state index contributed by atoms with van der Waals surface area (Å²) in [4.78, 5) is 35.8. The molecule has 0 bridgehead atoms. The molecule has 2 aromatic carbocycles. The van der Waals surface area contributed by atoms with Gasteiger partial charge in [-0.15, -0.1) is 11.3 Å². The lowest BCUT2D eigenvalue weighted by Gasteiger charge is -2.10.